The Balaban J connectivity index is 1.89. The van der Waals surface area contributed by atoms with Crippen molar-refractivity contribution in [1.29, 1.82) is 0 Å². The minimum Gasteiger partial charge on any atom is -0.241 e. The molecule has 0 bridgehead atoms. The number of benzene rings is 2. The first kappa shape index (κ1) is 14.4. The van der Waals surface area contributed by atoms with E-state index in [2.05, 4.69) is 18.0 Å². The summed E-state index contributed by atoms with van der Waals surface area (Å²) in [5.74, 6) is 0.198. The van der Waals surface area contributed by atoms with Gasteiger partial charge in [-0.05, 0) is 36.8 Å². The predicted octanol–water partition coefficient (Wildman–Crippen LogP) is 5.63. The fraction of sp³-hybridized carbons (Fsp3) is 0.118. The van der Waals surface area contributed by atoms with Gasteiger partial charge in [0.1, 0.15) is 5.82 Å². The summed E-state index contributed by atoms with van der Waals surface area (Å²) in [4.78, 5) is 4.61. The summed E-state index contributed by atoms with van der Waals surface area (Å²) in [5, 5.41) is 2.48. The molecule has 0 radical (unpaired) electrons. The first-order valence-corrected chi connectivity index (χ1v) is 7.93. The maximum Gasteiger partial charge on any atom is 0.128 e. The maximum atomic E-state index is 13.8. The van der Waals surface area contributed by atoms with E-state index in [1.54, 1.807) is 12.1 Å². The van der Waals surface area contributed by atoms with Crippen LogP contribution < -0.4 is 0 Å². The second kappa shape index (κ2) is 6.04. The van der Waals surface area contributed by atoms with E-state index < -0.39 is 0 Å². The molecular formula is C17H13ClFNS. The summed E-state index contributed by atoms with van der Waals surface area (Å²) in [6.07, 6.45) is 0. The highest BCUT2D eigenvalue weighted by molar-refractivity contribution is 7.98. The lowest BCUT2D eigenvalue weighted by atomic mass is 10.1. The molecule has 0 saturated carbocycles. The predicted molar refractivity (Wildman–Crippen MR) is 87.5 cm³/mol. The van der Waals surface area contributed by atoms with Gasteiger partial charge in [-0.2, -0.15) is 0 Å². The fourth-order valence-electron chi connectivity index (χ4n) is 2.21. The lowest BCUT2D eigenvalue weighted by molar-refractivity contribution is 0.617. The van der Waals surface area contributed by atoms with Gasteiger partial charge in [-0.25, -0.2) is 9.37 Å². The molecule has 3 aromatic rings. The molecule has 21 heavy (non-hydrogen) atoms. The first-order chi connectivity index (χ1) is 10.1. The zero-order valence-electron chi connectivity index (χ0n) is 11.4. The van der Waals surface area contributed by atoms with Crippen LogP contribution in [0.5, 0.6) is 0 Å². The van der Waals surface area contributed by atoms with Gasteiger partial charge in [0, 0.05) is 21.7 Å². The summed E-state index contributed by atoms with van der Waals surface area (Å²) >= 11 is 7.54. The first-order valence-electron chi connectivity index (χ1n) is 6.57. The number of hydrogen-bond acceptors (Lipinski definition) is 2. The van der Waals surface area contributed by atoms with Crippen molar-refractivity contribution in [2.75, 3.05) is 0 Å². The van der Waals surface area contributed by atoms with E-state index in [4.69, 9.17) is 11.6 Å². The van der Waals surface area contributed by atoms with E-state index >= 15 is 0 Å². The summed E-state index contributed by atoms with van der Waals surface area (Å²) < 4.78 is 13.8. The number of aromatic nitrogens is 1. The SMILES string of the molecule is Cc1cc(SCc2c(F)cccc2Cl)nc2ccccc12. The minimum atomic E-state index is -0.271. The Morgan fingerprint density at radius 2 is 1.95 bits per heavy atom. The third-order valence-electron chi connectivity index (χ3n) is 3.33. The van der Waals surface area contributed by atoms with Crippen LogP contribution in [0, 0.1) is 12.7 Å². The summed E-state index contributed by atoms with van der Waals surface area (Å²) in [6.45, 7) is 2.06. The van der Waals surface area contributed by atoms with Gasteiger partial charge in [0.05, 0.1) is 10.5 Å². The Morgan fingerprint density at radius 3 is 2.76 bits per heavy atom. The van der Waals surface area contributed by atoms with Gasteiger partial charge >= 0.3 is 0 Å². The third-order valence-corrected chi connectivity index (χ3v) is 4.62. The van der Waals surface area contributed by atoms with Crippen LogP contribution in [-0.2, 0) is 5.75 Å². The zero-order chi connectivity index (χ0) is 14.8. The van der Waals surface area contributed by atoms with Crippen molar-refractivity contribution < 1.29 is 4.39 Å². The molecule has 0 aliphatic heterocycles. The lowest BCUT2D eigenvalue weighted by Crippen LogP contribution is -1.91. The topological polar surface area (TPSA) is 12.9 Å². The molecular weight excluding hydrogens is 305 g/mol. The highest BCUT2D eigenvalue weighted by Crippen LogP contribution is 2.29. The number of aryl methyl sites for hydroxylation is 1. The number of thioether (sulfide) groups is 1. The Bertz CT molecular complexity index is 784. The number of rotatable bonds is 3. The van der Waals surface area contributed by atoms with Crippen LogP contribution >= 0.6 is 23.4 Å². The van der Waals surface area contributed by atoms with Crippen molar-refractivity contribution in [1.82, 2.24) is 4.98 Å². The Labute approximate surface area is 132 Å². The number of halogens is 2. The van der Waals surface area contributed by atoms with Gasteiger partial charge in [0.25, 0.3) is 0 Å². The number of nitrogens with zero attached hydrogens (tertiary/aromatic N) is 1. The Kier molecular flexibility index (Phi) is 4.13. The summed E-state index contributed by atoms with van der Waals surface area (Å²) in [7, 11) is 0. The standard InChI is InChI=1S/C17H13ClFNS/c1-11-9-17(20-16-8-3-2-5-12(11)16)21-10-13-14(18)6-4-7-15(13)19/h2-9H,10H2,1H3. The third kappa shape index (κ3) is 3.04. The van der Waals surface area contributed by atoms with Gasteiger partial charge in [-0.15, -0.1) is 11.8 Å². The highest BCUT2D eigenvalue weighted by atomic mass is 35.5. The molecule has 1 heterocycles. The van der Waals surface area contributed by atoms with E-state index in [1.165, 1.54) is 23.4 Å². The van der Waals surface area contributed by atoms with Crippen LogP contribution in [0.25, 0.3) is 10.9 Å². The lowest BCUT2D eigenvalue weighted by Gasteiger charge is -2.08. The molecule has 1 nitrogen and oxygen atoms in total. The Morgan fingerprint density at radius 1 is 1.14 bits per heavy atom. The van der Waals surface area contributed by atoms with Crippen LogP contribution in [-0.4, -0.2) is 4.98 Å². The van der Waals surface area contributed by atoms with Crippen LogP contribution in [0.2, 0.25) is 5.02 Å². The summed E-state index contributed by atoms with van der Waals surface area (Å²) in [5.41, 5.74) is 2.65. The molecule has 1 aromatic heterocycles. The molecule has 0 unspecified atom stereocenters. The van der Waals surface area contributed by atoms with Gasteiger partial charge < -0.3 is 0 Å². The minimum absolute atomic E-state index is 0.271. The van der Waals surface area contributed by atoms with E-state index in [0.717, 1.165) is 15.9 Å². The van der Waals surface area contributed by atoms with Crippen LogP contribution in [0.1, 0.15) is 11.1 Å². The quantitative estimate of drug-likeness (QED) is 0.581. The number of fused-ring (bicyclic) bond motifs is 1. The Hall–Kier alpha value is -1.58. The van der Waals surface area contributed by atoms with E-state index in [0.29, 0.717) is 16.3 Å². The van der Waals surface area contributed by atoms with E-state index in [9.17, 15) is 4.39 Å². The molecule has 0 aliphatic carbocycles. The molecule has 0 aliphatic rings. The van der Waals surface area contributed by atoms with Gasteiger partial charge in [-0.1, -0.05) is 35.9 Å². The molecule has 0 saturated heterocycles. The molecule has 2 aromatic carbocycles. The molecule has 0 amide bonds. The van der Waals surface area contributed by atoms with Crippen molar-refractivity contribution >= 4 is 34.3 Å². The molecule has 3 rings (SSSR count). The molecule has 0 N–H and O–H groups in total. The van der Waals surface area contributed by atoms with Crippen molar-refractivity contribution in [3.63, 3.8) is 0 Å². The maximum absolute atomic E-state index is 13.8. The summed E-state index contributed by atoms with van der Waals surface area (Å²) in [6, 6.07) is 14.8. The van der Waals surface area contributed by atoms with Crippen molar-refractivity contribution in [3.8, 4) is 0 Å². The zero-order valence-corrected chi connectivity index (χ0v) is 13.0. The highest BCUT2D eigenvalue weighted by Gasteiger charge is 2.09. The molecule has 0 atom stereocenters. The largest absolute Gasteiger partial charge is 0.241 e. The normalized spacial score (nSPS) is 11.0. The number of para-hydroxylation sites is 1. The second-order valence-electron chi connectivity index (χ2n) is 4.78. The smallest absolute Gasteiger partial charge is 0.128 e. The average molecular weight is 318 g/mol. The van der Waals surface area contributed by atoms with E-state index in [1.807, 2.05) is 24.3 Å². The van der Waals surface area contributed by atoms with Crippen molar-refractivity contribution in [2.24, 2.45) is 0 Å². The fourth-order valence-corrected chi connectivity index (χ4v) is 3.53. The van der Waals surface area contributed by atoms with Crippen LogP contribution in [0.4, 0.5) is 4.39 Å². The van der Waals surface area contributed by atoms with Crippen LogP contribution in [0.3, 0.4) is 0 Å². The number of pyridine rings is 1. The molecule has 0 spiro atoms. The van der Waals surface area contributed by atoms with Crippen molar-refractivity contribution in [3.05, 3.63) is 70.5 Å². The number of hydrogen-bond donors (Lipinski definition) is 0. The van der Waals surface area contributed by atoms with Crippen molar-refractivity contribution in [2.45, 2.75) is 17.7 Å². The molecule has 0 fully saturated rings. The molecule has 4 heteroatoms. The second-order valence-corrected chi connectivity index (χ2v) is 6.19. The van der Waals surface area contributed by atoms with Gasteiger partial charge in [0.15, 0.2) is 0 Å². The average Bonchev–Trinajstić information content (AvgIpc) is 2.47. The van der Waals surface area contributed by atoms with Crippen LogP contribution in [0.15, 0.2) is 53.6 Å². The van der Waals surface area contributed by atoms with Gasteiger partial charge in [-0.3, -0.25) is 0 Å². The van der Waals surface area contributed by atoms with E-state index in [-0.39, 0.29) is 5.82 Å². The molecule has 106 valence electrons. The van der Waals surface area contributed by atoms with Gasteiger partial charge in [0.2, 0.25) is 0 Å². The monoisotopic (exact) mass is 317 g/mol.